The molecule has 0 amide bonds. The Morgan fingerprint density at radius 3 is 0.923 bits per heavy atom. The molecule has 0 spiro atoms. The van der Waals surface area contributed by atoms with E-state index in [1.165, 1.54) is 9.82 Å². The Labute approximate surface area is 101 Å². The normalized spacial score (nSPS) is 2.46. The number of nitrogens with zero attached hydrogens (tertiary/aromatic N) is 9. The smallest absolute Gasteiger partial charge is 0.373 e. The standard InChI is InChI=1S/CH2N3.CH3.2N3.2Zn/c1-3-4-2;;2*1-3-2;;/h1H2;1H3;;;;/q4*-1;2*+2. The summed E-state index contributed by atoms with van der Waals surface area (Å²) < 4.78 is 0. The molecule has 11 heteroatoms. The maximum absolute atomic E-state index is 7.27. The molecular weight excluding hydrogens is 281 g/mol. The zero-order valence-corrected chi connectivity index (χ0v) is 13.1. The quantitative estimate of drug-likeness (QED) is 0.210. The number of hydrogen-bond donors (Lipinski definition) is 0. The molecule has 0 aliphatic heterocycles. The van der Waals surface area contributed by atoms with E-state index in [1.54, 1.807) is 0 Å². The summed E-state index contributed by atoms with van der Waals surface area (Å²) in [6.45, 7) is 0. The first-order valence-electron chi connectivity index (χ1n) is 1.52. The van der Waals surface area contributed by atoms with Gasteiger partial charge in [0.25, 0.3) is 0 Å². The summed E-state index contributed by atoms with van der Waals surface area (Å²) in [7, 11) is 2.81. The van der Waals surface area contributed by atoms with Gasteiger partial charge in [-0.1, -0.05) is 0 Å². The van der Waals surface area contributed by atoms with Gasteiger partial charge in [0, 0.05) is 0 Å². The van der Waals surface area contributed by atoms with Gasteiger partial charge < -0.3 is 36.6 Å². The number of azide groups is 1. The molecule has 0 unspecified atom stereocenters. The van der Waals surface area contributed by atoms with Crippen molar-refractivity contribution in [2.24, 2.45) is 5.11 Å². The number of hydrogen-bond acceptors (Lipinski definition) is 1. The second kappa shape index (κ2) is 120. The van der Waals surface area contributed by atoms with Crippen LogP contribution in [0.4, 0.5) is 0 Å². The van der Waals surface area contributed by atoms with Crippen molar-refractivity contribution in [1.29, 1.82) is 0 Å². The van der Waals surface area contributed by atoms with Gasteiger partial charge in [-0.15, -0.1) is 0 Å². The Morgan fingerprint density at radius 1 is 0.846 bits per heavy atom. The van der Waals surface area contributed by atoms with Gasteiger partial charge in [0.05, 0.1) is 0 Å². The fraction of sp³-hybridized carbons (Fsp3) is 0. The molecule has 0 N–H and O–H groups in total. The first kappa shape index (κ1) is 40.2. The molecule has 0 radical (unpaired) electrons. The van der Waals surface area contributed by atoms with Crippen LogP contribution < -0.4 is 0 Å². The summed E-state index contributed by atoms with van der Waals surface area (Å²) >= 11 is 0. The summed E-state index contributed by atoms with van der Waals surface area (Å²) in [5.41, 5.74) is 34.3. The van der Waals surface area contributed by atoms with Gasteiger partial charge in [-0.3, -0.25) is 14.9 Å². The van der Waals surface area contributed by atoms with Gasteiger partial charge in [-0.05, 0) is 10.4 Å². The van der Waals surface area contributed by atoms with E-state index in [0.29, 0.717) is 0 Å². The van der Waals surface area contributed by atoms with Crippen molar-refractivity contribution in [2.75, 3.05) is 0 Å². The summed E-state index contributed by atoms with van der Waals surface area (Å²) in [5.74, 6) is 0. The molecule has 0 aromatic rings. The van der Waals surface area contributed by atoms with E-state index < -0.39 is 0 Å². The molecule has 0 aromatic heterocycles. The first-order chi connectivity index (χ1) is 4.74. The zero-order chi connectivity index (χ0) is 8.83. The summed E-state index contributed by atoms with van der Waals surface area (Å²) in [4.78, 5) is 5.25. The van der Waals surface area contributed by atoms with E-state index in [2.05, 4.69) is 17.1 Å². The second-order valence-corrected chi connectivity index (χ2v) is 0.410. The van der Waals surface area contributed by atoms with Gasteiger partial charge >= 0.3 is 39.0 Å². The van der Waals surface area contributed by atoms with Crippen LogP contribution in [0.5, 0.6) is 0 Å². The van der Waals surface area contributed by atoms with Crippen LogP contribution in [-0.2, 0) is 39.0 Å². The summed E-state index contributed by atoms with van der Waals surface area (Å²) in [6, 6.07) is 0. The van der Waals surface area contributed by atoms with Crippen molar-refractivity contribution in [3.63, 3.8) is 0 Å². The third-order valence-electron chi connectivity index (χ3n) is 0.0632. The average Bonchev–Trinajstić information content (AvgIpc) is 1.91. The maximum atomic E-state index is 7.27. The fourth-order valence-electron chi connectivity index (χ4n) is 0. The van der Waals surface area contributed by atoms with E-state index in [4.69, 9.17) is 27.7 Å². The van der Waals surface area contributed by atoms with Crippen molar-refractivity contribution < 1.29 is 39.0 Å². The van der Waals surface area contributed by atoms with Gasteiger partial charge in [-0.2, -0.15) is 0 Å². The van der Waals surface area contributed by atoms with Crippen LogP contribution in [0.3, 0.4) is 0 Å². The molecule has 0 rings (SSSR count). The first-order valence-corrected chi connectivity index (χ1v) is 1.52. The minimum absolute atomic E-state index is 0. The van der Waals surface area contributed by atoms with E-state index in [-0.39, 0.29) is 46.4 Å². The maximum Gasteiger partial charge on any atom is 2.00 e. The van der Waals surface area contributed by atoms with Crippen LogP contribution in [0.15, 0.2) is 5.11 Å². The van der Waals surface area contributed by atoms with Crippen LogP contribution >= 0.6 is 0 Å². The molecule has 0 fully saturated rings. The molecule has 0 heterocycles. The van der Waals surface area contributed by atoms with Gasteiger partial charge in [-0.25, -0.2) is 0 Å². The molecule has 0 atom stereocenters. The van der Waals surface area contributed by atoms with Crippen LogP contribution in [0.1, 0.15) is 0 Å². The molecular formula is C2H5N9Zn2. The number of rotatable bonds is 0. The van der Waals surface area contributed by atoms with Crippen LogP contribution in [0.25, 0.3) is 42.4 Å². The Bertz CT molecular complexity index is 146. The molecule has 0 aliphatic carbocycles. The molecule has 0 aliphatic rings. The van der Waals surface area contributed by atoms with Gasteiger partial charge in [0.2, 0.25) is 0 Å². The molecule has 0 saturated heterocycles. The van der Waals surface area contributed by atoms with E-state index in [1.807, 2.05) is 0 Å². The second-order valence-electron chi connectivity index (χ2n) is 0.410. The molecule has 62 valence electrons. The van der Waals surface area contributed by atoms with Crippen LogP contribution in [0, 0.1) is 14.5 Å². The zero-order valence-electron chi connectivity index (χ0n) is 7.15. The average molecular weight is 286 g/mol. The van der Waals surface area contributed by atoms with Gasteiger partial charge in [0.1, 0.15) is 0 Å². The Balaban J connectivity index is -0.0000000128. The third kappa shape index (κ3) is 414000. The third-order valence-corrected chi connectivity index (χ3v) is 0.0632. The van der Waals surface area contributed by atoms with Crippen LogP contribution in [-0.4, -0.2) is 0 Å². The van der Waals surface area contributed by atoms with Crippen molar-refractivity contribution in [3.05, 3.63) is 56.9 Å². The molecule has 0 bridgehead atoms. The van der Waals surface area contributed by atoms with E-state index in [0.717, 1.165) is 0 Å². The topological polar surface area (TPSA) is 166 Å². The van der Waals surface area contributed by atoms with Crippen molar-refractivity contribution in [2.45, 2.75) is 0 Å². The molecule has 0 saturated carbocycles. The minimum Gasteiger partial charge on any atom is -0.373 e. The Morgan fingerprint density at radius 2 is 0.923 bits per heavy atom. The molecule has 13 heavy (non-hydrogen) atoms. The predicted molar refractivity (Wildman–Crippen MR) is 41.1 cm³/mol. The van der Waals surface area contributed by atoms with Crippen molar-refractivity contribution in [1.82, 2.24) is 0 Å². The van der Waals surface area contributed by atoms with Gasteiger partial charge in [0.15, 0.2) is 0 Å². The van der Waals surface area contributed by atoms with Crippen molar-refractivity contribution >= 4 is 0 Å². The van der Waals surface area contributed by atoms with Crippen molar-refractivity contribution in [3.8, 4) is 0 Å². The molecule has 0 aromatic carbocycles. The Kier molecular flexibility index (Phi) is 372. The molecule has 9 nitrogen and oxygen atoms in total. The predicted octanol–water partition coefficient (Wildman–Crippen LogP) is 3.27. The summed E-state index contributed by atoms with van der Waals surface area (Å²) in [5, 5.41) is 2.67. The monoisotopic (exact) mass is 283 g/mol. The Hall–Kier alpha value is -0.953. The minimum atomic E-state index is 0. The largest absolute Gasteiger partial charge is 2.00 e. The van der Waals surface area contributed by atoms with E-state index >= 15 is 0 Å². The SMILES string of the molecule is [CH2-]N=[N+]=[N-].[CH3-].[N-]=[N+]=[N-].[N-]=[N+]=[N-].[Zn+2].[Zn+2]. The fourth-order valence-corrected chi connectivity index (χ4v) is 0. The summed E-state index contributed by atoms with van der Waals surface area (Å²) in [6.07, 6.45) is 0. The van der Waals surface area contributed by atoms with E-state index in [9.17, 15) is 0 Å². The van der Waals surface area contributed by atoms with Crippen LogP contribution in [0.2, 0.25) is 0 Å².